The monoisotopic (exact) mass is 272 g/mol. The van der Waals surface area contributed by atoms with Crippen molar-refractivity contribution in [3.63, 3.8) is 0 Å². The smallest absolute Gasteiger partial charge is 0.115 e. The van der Waals surface area contributed by atoms with E-state index in [1.54, 1.807) is 12.1 Å². The van der Waals surface area contributed by atoms with Crippen molar-refractivity contribution in [1.82, 2.24) is 0 Å². The second kappa shape index (κ2) is 6.10. The number of benzene rings is 3. The van der Waals surface area contributed by atoms with Crippen molar-refractivity contribution in [1.29, 1.82) is 0 Å². The van der Waals surface area contributed by atoms with Gasteiger partial charge < -0.3 is 5.11 Å². The van der Waals surface area contributed by atoms with Gasteiger partial charge in [-0.25, -0.2) is 0 Å². The normalized spacial score (nSPS) is 10.9. The molecule has 0 radical (unpaired) electrons. The Labute approximate surface area is 124 Å². The summed E-state index contributed by atoms with van der Waals surface area (Å²) >= 11 is 0. The molecular formula is C20H16O. The molecule has 0 amide bonds. The largest absolute Gasteiger partial charge is 0.508 e. The third-order valence-electron chi connectivity index (χ3n) is 3.38. The maximum absolute atomic E-state index is 9.26. The third kappa shape index (κ3) is 3.40. The SMILES string of the molecule is Oc1ccc(C=Cc2ccc(-c3ccccc3)cc2)cc1. The van der Waals surface area contributed by atoms with E-state index in [4.69, 9.17) is 0 Å². The summed E-state index contributed by atoms with van der Waals surface area (Å²) < 4.78 is 0. The van der Waals surface area contributed by atoms with Crippen molar-refractivity contribution in [2.75, 3.05) is 0 Å². The topological polar surface area (TPSA) is 20.2 Å². The fourth-order valence-electron chi connectivity index (χ4n) is 2.20. The van der Waals surface area contributed by atoms with E-state index in [1.807, 2.05) is 36.4 Å². The summed E-state index contributed by atoms with van der Waals surface area (Å²) in [4.78, 5) is 0. The first-order chi connectivity index (χ1) is 10.3. The average Bonchev–Trinajstić information content (AvgIpc) is 2.56. The number of hydrogen-bond donors (Lipinski definition) is 1. The Morgan fingerprint density at radius 2 is 1.00 bits per heavy atom. The molecule has 102 valence electrons. The lowest BCUT2D eigenvalue weighted by molar-refractivity contribution is 0.475. The van der Waals surface area contributed by atoms with Gasteiger partial charge in [-0.3, -0.25) is 0 Å². The quantitative estimate of drug-likeness (QED) is 0.647. The van der Waals surface area contributed by atoms with Gasteiger partial charge in [-0.2, -0.15) is 0 Å². The molecule has 0 aliphatic rings. The zero-order valence-electron chi connectivity index (χ0n) is 11.6. The van der Waals surface area contributed by atoms with Crippen LogP contribution >= 0.6 is 0 Å². The number of aromatic hydroxyl groups is 1. The Kier molecular flexibility index (Phi) is 3.83. The van der Waals surface area contributed by atoms with E-state index < -0.39 is 0 Å². The molecule has 1 N–H and O–H groups in total. The van der Waals surface area contributed by atoms with Crippen molar-refractivity contribution < 1.29 is 5.11 Å². The van der Waals surface area contributed by atoms with E-state index in [0.29, 0.717) is 5.75 Å². The Hall–Kier alpha value is -2.80. The molecule has 0 aromatic heterocycles. The molecule has 21 heavy (non-hydrogen) atoms. The van der Waals surface area contributed by atoms with Crippen molar-refractivity contribution in [2.45, 2.75) is 0 Å². The maximum Gasteiger partial charge on any atom is 0.115 e. The standard InChI is InChI=1S/C20H16O/c21-20-14-10-17(11-15-20)7-6-16-8-12-19(13-9-16)18-4-2-1-3-5-18/h1-15,21H. The Morgan fingerprint density at radius 3 is 1.57 bits per heavy atom. The molecule has 0 heterocycles. The lowest BCUT2D eigenvalue weighted by Crippen LogP contribution is -1.78. The molecule has 0 saturated carbocycles. The highest BCUT2D eigenvalue weighted by Gasteiger charge is 1.95. The van der Waals surface area contributed by atoms with Gasteiger partial charge in [0, 0.05) is 0 Å². The highest BCUT2D eigenvalue weighted by Crippen LogP contribution is 2.20. The Balaban J connectivity index is 1.77. The summed E-state index contributed by atoms with van der Waals surface area (Å²) in [6, 6.07) is 26.0. The fraction of sp³-hybridized carbons (Fsp3) is 0. The second-order valence-electron chi connectivity index (χ2n) is 4.91. The maximum atomic E-state index is 9.26. The van der Waals surface area contributed by atoms with E-state index >= 15 is 0 Å². The van der Waals surface area contributed by atoms with E-state index in [-0.39, 0.29) is 0 Å². The molecule has 0 unspecified atom stereocenters. The van der Waals surface area contributed by atoms with Crippen LogP contribution in [0.15, 0.2) is 78.9 Å². The van der Waals surface area contributed by atoms with Gasteiger partial charge in [-0.1, -0.05) is 78.9 Å². The third-order valence-corrected chi connectivity index (χ3v) is 3.38. The minimum Gasteiger partial charge on any atom is -0.508 e. The lowest BCUT2D eigenvalue weighted by atomic mass is 10.0. The van der Waals surface area contributed by atoms with E-state index in [1.165, 1.54) is 11.1 Å². The highest BCUT2D eigenvalue weighted by atomic mass is 16.3. The molecular weight excluding hydrogens is 256 g/mol. The molecule has 0 aliphatic heterocycles. The Morgan fingerprint density at radius 1 is 0.524 bits per heavy atom. The van der Waals surface area contributed by atoms with Crippen molar-refractivity contribution >= 4 is 12.2 Å². The average molecular weight is 272 g/mol. The molecule has 3 aromatic carbocycles. The number of phenolic OH excluding ortho intramolecular Hbond substituents is 1. The summed E-state index contributed by atoms with van der Waals surface area (Å²) in [5.74, 6) is 0.291. The minimum absolute atomic E-state index is 0.291. The molecule has 0 aliphatic carbocycles. The van der Waals surface area contributed by atoms with Gasteiger partial charge in [0.1, 0.15) is 5.75 Å². The zero-order valence-corrected chi connectivity index (χ0v) is 11.6. The Bertz CT molecular complexity index is 723. The summed E-state index contributed by atoms with van der Waals surface area (Å²) in [7, 11) is 0. The van der Waals surface area contributed by atoms with Crippen LogP contribution in [-0.2, 0) is 0 Å². The predicted octanol–water partition coefficient (Wildman–Crippen LogP) is 5.23. The van der Waals surface area contributed by atoms with Gasteiger partial charge in [0.15, 0.2) is 0 Å². The van der Waals surface area contributed by atoms with E-state index in [9.17, 15) is 5.11 Å². The van der Waals surface area contributed by atoms with Crippen molar-refractivity contribution in [3.05, 3.63) is 90.0 Å². The number of rotatable bonds is 3. The van der Waals surface area contributed by atoms with E-state index in [2.05, 4.69) is 42.5 Å². The van der Waals surface area contributed by atoms with Gasteiger partial charge in [0.2, 0.25) is 0 Å². The van der Waals surface area contributed by atoms with Gasteiger partial charge in [-0.05, 0) is 34.4 Å². The molecule has 3 aromatic rings. The summed E-state index contributed by atoms with van der Waals surface area (Å²) in [6.45, 7) is 0. The minimum atomic E-state index is 0.291. The molecule has 0 atom stereocenters. The summed E-state index contributed by atoms with van der Waals surface area (Å²) in [5, 5.41) is 9.26. The molecule has 0 fully saturated rings. The number of hydrogen-bond acceptors (Lipinski definition) is 1. The fourth-order valence-corrected chi connectivity index (χ4v) is 2.20. The van der Waals surface area contributed by atoms with Crippen molar-refractivity contribution in [2.24, 2.45) is 0 Å². The first-order valence-corrected chi connectivity index (χ1v) is 6.94. The number of phenols is 1. The molecule has 1 nitrogen and oxygen atoms in total. The van der Waals surface area contributed by atoms with Gasteiger partial charge >= 0.3 is 0 Å². The van der Waals surface area contributed by atoms with Crippen molar-refractivity contribution in [3.8, 4) is 16.9 Å². The van der Waals surface area contributed by atoms with Crippen LogP contribution < -0.4 is 0 Å². The first-order valence-electron chi connectivity index (χ1n) is 6.94. The van der Waals surface area contributed by atoms with Crippen LogP contribution in [-0.4, -0.2) is 5.11 Å². The first kappa shape index (κ1) is 13.2. The van der Waals surface area contributed by atoms with E-state index in [0.717, 1.165) is 11.1 Å². The van der Waals surface area contributed by atoms with Crippen LogP contribution in [0.5, 0.6) is 5.75 Å². The van der Waals surface area contributed by atoms with Crippen LogP contribution in [0.25, 0.3) is 23.3 Å². The lowest BCUT2D eigenvalue weighted by Gasteiger charge is -2.02. The predicted molar refractivity (Wildman–Crippen MR) is 88.9 cm³/mol. The molecule has 0 bridgehead atoms. The van der Waals surface area contributed by atoms with Crippen LogP contribution in [0.1, 0.15) is 11.1 Å². The van der Waals surface area contributed by atoms with Crippen LogP contribution in [0.4, 0.5) is 0 Å². The molecule has 0 spiro atoms. The zero-order chi connectivity index (χ0) is 14.5. The van der Waals surface area contributed by atoms with Crippen LogP contribution in [0.2, 0.25) is 0 Å². The van der Waals surface area contributed by atoms with Gasteiger partial charge in [0.25, 0.3) is 0 Å². The molecule has 1 heteroatoms. The van der Waals surface area contributed by atoms with Gasteiger partial charge in [-0.15, -0.1) is 0 Å². The summed E-state index contributed by atoms with van der Waals surface area (Å²) in [5.41, 5.74) is 4.67. The molecule has 3 rings (SSSR count). The van der Waals surface area contributed by atoms with Gasteiger partial charge in [0.05, 0.1) is 0 Å². The van der Waals surface area contributed by atoms with Crippen LogP contribution in [0, 0.1) is 0 Å². The van der Waals surface area contributed by atoms with Crippen LogP contribution in [0.3, 0.4) is 0 Å². The second-order valence-corrected chi connectivity index (χ2v) is 4.91. The molecule has 0 saturated heterocycles. The summed E-state index contributed by atoms with van der Waals surface area (Å²) in [6.07, 6.45) is 4.11. The highest BCUT2D eigenvalue weighted by molar-refractivity contribution is 5.72.